The quantitative estimate of drug-likeness (QED) is 0.0708. The lowest BCUT2D eigenvalue weighted by molar-refractivity contribution is -0.903. The summed E-state index contributed by atoms with van der Waals surface area (Å²) >= 11 is 0. The average molecular weight is 525 g/mol. The summed E-state index contributed by atoms with van der Waals surface area (Å²) in [5.41, 5.74) is 2.61. The van der Waals surface area contributed by atoms with Crippen LogP contribution >= 0.6 is 0 Å². The molecule has 38 heavy (non-hydrogen) atoms. The van der Waals surface area contributed by atoms with Gasteiger partial charge in [-0.25, -0.2) is 0 Å². The van der Waals surface area contributed by atoms with Crippen LogP contribution in [0.1, 0.15) is 108 Å². The maximum Gasteiger partial charge on any atom is 0.309 e. The van der Waals surface area contributed by atoms with E-state index in [-0.39, 0.29) is 5.97 Å². The molecule has 0 aliphatic heterocycles. The third-order valence-electron chi connectivity index (χ3n) is 7.18. The largest absolute Gasteiger partial charge is 0.455 e. The van der Waals surface area contributed by atoms with Crippen molar-refractivity contribution in [2.75, 3.05) is 20.6 Å². The van der Waals surface area contributed by atoms with Gasteiger partial charge in [-0.15, -0.1) is 0 Å². The molecule has 0 fully saturated rings. The zero-order valence-corrected chi connectivity index (χ0v) is 24.8. The summed E-state index contributed by atoms with van der Waals surface area (Å²) in [6.45, 7) is 6.13. The molecule has 0 N–H and O–H groups in total. The van der Waals surface area contributed by atoms with E-state index in [2.05, 4.69) is 57.4 Å². The topological polar surface area (TPSA) is 35.5 Å². The highest BCUT2D eigenvalue weighted by Crippen LogP contribution is 2.20. The Bertz CT molecular complexity index is 880. The minimum absolute atomic E-state index is 0.182. The number of aryl methyl sites for hydroxylation is 1. The van der Waals surface area contributed by atoms with Gasteiger partial charge >= 0.3 is 5.97 Å². The number of ether oxygens (including phenoxy) is 2. The van der Waals surface area contributed by atoms with E-state index in [1.807, 2.05) is 25.1 Å². The standard InChI is InChI=1S/C34H54NO3/c1-5-7-8-9-10-11-12-13-14-16-21-30-24-19-25-32(28-30)37-34(6-2)38-33(36)26-20-27-35(3,4)29-31-22-17-15-18-23-31/h15,17-19,22-25,28,34H,5-14,16,20-21,26-27,29H2,1-4H3/q+1. The predicted octanol–water partition coefficient (Wildman–Crippen LogP) is 8.86. The highest BCUT2D eigenvalue weighted by atomic mass is 16.7. The van der Waals surface area contributed by atoms with Gasteiger partial charge in [0.1, 0.15) is 12.3 Å². The second kappa shape index (κ2) is 18.8. The highest BCUT2D eigenvalue weighted by Gasteiger charge is 2.19. The van der Waals surface area contributed by atoms with Gasteiger partial charge < -0.3 is 14.0 Å². The summed E-state index contributed by atoms with van der Waals surface area (Å²) in [4.78, 5) is 12.5. The molecule has 2 rings (SSSR count). The average Bonchev–Trinajstić information content (AvgIpc) is 2.90. The van der Waals surface area contributed by atoms with Crippen molar-refractivity contribution in [3.8, 4) is 5.75 Å². The van der Waals surface area contributed by atoms with Crippen molar-refractivity contribution in [2.24, 2.45) is 0 Å². The van der Waals surface area contributed by atoms with Crippen molar-refractivity contribution in [2.45, 2.75) is 117 Å². The SMILES string of the molecule is CCCCCCCCCCCCc1cccc(OC(CC)OC(=O)CCC[N+](C)(C)Cc2ccccc2)c1. The highest BCUT2D eigenvalue weighted by molar-refractivity contribution is 5.69. The van der Waals surface area contributed by atoms with Gasteiger partial charge in [0.15, 0.2) is 0 Å². The molecule has 0 heterocycles. The van der Waals surface area contributed by atoms with Gasteiger partial charge in [-0.1, -0.05) is 114 Å². The zero-order chi connectivity index (χ0) is 27.5. The van der Waals surface area contributed by atoms with E-state index in [9.17, 15) is 4.79 Å². The zero-order valence-electron chi connectivity index (χ0n) is 24.8. The molecule has 212 valence electrons. The Morgan fingerprint density at radius 1 is 0.763 bits per heavy atom. The van der Waals surface area contributed by atoms with Crippen molar-refractivity contribution >= 4 is 5.97 Å². The molecule has 0 aliphatic rings. The number of hydrogen-bond donors (Lipinski definition) is 0. The minimum Gasteiger partial charge on any atom is -0.455 e. The van der Waals surface area contributed by atoms with E-state index in [0.717, 1.165) is 36.2 Å². The van der Waals surface area contributed by atoms with Crippen molar-refractivity contribution in [1.82, 2.24) is 0 Å². The number of esters is 1. The van der Waals surface area contributed by atoms with Gasteiger partial charge in [0, 0.05) is 18.4 Å². The molecule has 4 nitrogen and oxygen atoms in total. The fraction of sp³-hybridized carbons (Fsp3) is 0.618. The number of benzene rings is 2. The van der Waals surface area contributed by atoms with Crippen LogP contribution in [0.5, 0.6) is 5.75 Å². The van der Waals surface area contributed by atoms with Crippen LogP contribution in [0, 0.1) is 0 Å². The molecule has 0 amide bonds. The molecule has 0 aliphatic carbocycles. The Hall–Kier alpha value is -2.33. The Labute approximate surface area is 233 Å². The van der Waals surface area contributed by atoms with Crippen LogP contribution in [0.15, 0.2) is 54.6 Å². The summed E-state index contributed by atoms with van der Waals surface area (Å²) in [5, 5.41) is 0. The first-order valence-electron chi connectivity index (χ1n) is 15.2. The molecule has 0 aromatic heterocycles. The van der Waals surface area contributed by atoms with E-state index < -0.39 is 6.29 Å². The van der Waals surface area contributed by atoms with Crippen LogP contribution in [0.3, 0.4) is 0 Å². The summed E-state index contributed by atoms with van der Waals surface area (Å²) < 4.78 is 12.6. The van der Waals surface area contributed by atoms with Crippen molar-refractivity contribution < 1.29 is 18.8 Å². The predicted molar refractivity (Wildman–Crippen MR) is 159 cm³/mol. The molecule has 1 unspecified atom stereocenters. The Morgan fingerprint density at radius 2 is 1.39 bits per heavy atom. The lowest BCUT2D eigenvalue weighted by Crippen LogP contribution is -2.39. The second-order valence-corrected chi connectivity index (χ2v) is 11.4. The number of rotatable bonds is 21. The molecule has 1 atom stereocenters. The monoisotopic (exact) mass is 524 g/mol. The van der Waals surface area contributed by atoms with E-state index in [4.69, 9.17) is 9.47 Å². The molecule has 0 radical (unpaired) electrons. The molecule has 2 aromatic rings. The maximum atomic E-state index is 12.5. The van der Waals surface area contributed by atoms with E-state index >= 15 is 0 Å². The first kappa shape index (κ1) is 31.9. The Morgan fingerprint density at radius 3 is 2.05 bits per heavy atom. The van der Waals surface area contributed by atoms with Crippen LogP contribution in [0.4, 0.5) is 0 Å². The number of carbonyl (C=O) groups is 1. The Balaban J connectivity index is 1.64. The van der Waals surface area contributed by atoms with E-state index in [1.165, 1.54) is 75.3 Å². The van der Waals surface area contributed by atoms with Gasteiger partial charge in [-0.2, -0.15) is 0 Å². The molecular weight excluding hydrogens is 470 g/mol. The van der Waals surface area contributed by atoms with Crippen molar-refractivity contribution in [1.29, 1.82) is 0 Å². The van der Waals surface area contributed by atoms with Crippen LogP contribution in [0.2, 0.25) is 0 Å². The summed E-state index contributed by atoms with van der Waals surface area (Å²) in [5.74, 6) is 0.605. The number of quaternary nitrogens is 1. The van der Waals surface area contributed by atoms with E-state index in [1.54, 1.807) is 0 Å². The molecule has 0 saturated carbocycles. The number of carbonyl (C=O) groups excluding carboxylic acids is 1. The van der Waals surface area contributed by atoms with Gasteiger partial charge in [-0.05, 0) is 30.5 Å². The van der Waals surface area contributed by atoms with Crippen LogP contribution < -0.4 is 4.74 Å². The first-order valence-corrected chi connectivity index (χ1v) is 15.2. The first-order chi connectivity index (χ1) is 18.4. The second-order valence-electron chi connectivity index (χ2n) is 11.4. The van der Waals surface area contributed by atoms with Gasteiger partial charge in [-0.3, -0.25) is 4.79 Å². The molecule has 0 spiro atoms. The van der Waals surface area contributed by atoms with Gasteiger partial charge in [0.2, 0.25) is 6.29 Å². The van der Waals surface area contributed by atoms with Crippen molar-refractivity contribution in [3.05, 3.63) is 65.7 Å². The molecule has 0 bridgehead atoms. The van der Waals surface area contributed by atoms with Crippen LogP contribution in [-0.4, -0.2) is 37.4 Å². The van der Waals surface area contributed by atoms with E-state index in [0.29, 0.717) is 12.8 Å². The van der Waals surface area contributed by atoms with Crippen LogP contribution in [0.25, 0.3) is 0 Å². The number of nitrogens with zero attached hydrogens (tertiary/aromatic N) is 1. The lowest BCUT2D eigenvalue weighted by atomic mass is 10.0. The lowest BCUT2D eigenvalue weighted by Gasteiger charge is -2.30. The summed E-state index contributed by atoms with van der Waals surface area (Å²) in [6, 6.07) is 18.8. The number of hydrogen-bond acceptors (Lipinski definition) is 3. The summed E-state index contributed by atoms with van der Waals surface area (Å²) in [7, 11) is 4.41. The third-order valence-corrected chi connectivity index (χ3v) is 7.18. The fourth-order valence-corrected chi connectivity index (χ4v) is 4.95. The van der Waals surface area contributed by atoms with Crippen molar-refractivity contribution in [3.63, 3.8) is 0 Å². The fourth-order valence-electron chi connectivity index (χ4n) is 4.95. The maximum absolute atomic E-state index is 12.5. The molecule has 2 aromatic carbocycles. The van der Waals surface area contributed by atoms with Gasteiger partial charge in [0.25, 0.3) is 0 Å². The molecule has 0 saturated heterocycles. The van der Waals surface area contributed by atoms with Crippen LogP contribution in [-0.2, 0) is 22.5 Å². The normalized spacial score (nSPS) is 12.3. The smallest absolute Gasteiger partial charge is 0.309 e. The van der Waals surface area contributed by atoms with Gasteiger partial charge in [0.05, 0.1) is 27.1 Å². The summed E-state index contributed by atoms with van der Waals surface area (Å²) in [6.07, 6.45) is 15.9. The molecular formula is C34H54NO3+. The third kappa shape index (κ3) is 14.6. The minimum atomic E-state index is -0.540. The Kier molecular flexibility index (Phi) is 15.8. The number of unbranched alkanes of at least 4 members (excludes halogenated alkanes) is 9. The molecule has 4 heteroatoms.